The summed E-state index contributed by atoms with van der Waals surface area (Å²) in [5.41, 5.74) is 8.62. The number of primary amides is 1. The number of rotatable bonds is 6. The number of nitrogens with two attached hydrogens (primary N) is 1. The van der Waals surface area contributed by atoms with Gasteiger partial charge in [0.25, 0.3) is 5.91 Å². The number of nitrogens with one attached hydrogen (secondary N) is 1. The third-order valence-corrected chi connectivity index (χ3v) is 6.08. The van der Waals surface area contributed by atoms with Crippen molar-refractivity contribution in [1.29, 1.82) is 0 Å². The Labute approximate surface area is 182 Å². The quantitative estimate of drug-likeness (QED) is 0.751. The molecule has 2 fully saturated rings. The van der Waals surface area contributed by atoms with Crippen LogP contribution in [0.25, 0.3) is 0 Å². The Morgan fingerprint density at radius 1 is 1.03 bits per heavy atom. The van der Waals surface area contributed by atoms with E-state index in [1.54, 1.807) is 17.0 Å². The van der Waals surface area contributed by atoms with E-state index in [1.807, 2.05) is 36.4 Å². The molecule has 2 aliphatic rings. The molecule has 2 aromatic carbocycles. The molecule has 2 aliphatic heterocycles. The molecule has 162 valence electrons. The summed E-state index contributed by atoms with van der Waals surface area (Å²) in [6.45, 7) is 2.93. The molecule has 7 heteroatoms. The van der Waals surface area contributed by atoms with Gasteiger partial charge in [0.15, 0.2) is 0 Å². The molecule has 0 saturated carbocycles. The third kappa shape index (κ3) is 4.94. The first-order valence-corrected chi connectivity index (χ1v) is 10.8. The lowest BCUT2D eigenvalue weighted by atomic mass is 9.97. The van der Waals surface area contributed by atoms with Gasteiger partial charge in [-0.05, 0) is 61.7 Å². The summed E-state index contributed by atoms with van der Waals surface area (Å²) in [7, 11) is 0. The van der Waals surface area contributed by atoms with Crippen molar-refractivity contribution in [2.45, 2.75) is 32.2 Å². The van der Waals surface area contributed by atoms with Crippen molar-refractivity contribution >= 4 is 29.1 Å². The summed E-state index contributed by atoms with van der Waals surface area (Å²) in [5.74, 6) is -0.426. The van der Waals surface area contributed by atoms with Crippen LogP contribution < -0.4 is 16.0 Å². The number of carbonyl (C=O) groups is 3. The lowest BCUT2D eigenvalue weighted by molar-refractivity contribution is -0.123. The van der Waals surface area contributed by atoms with Crippen molar-refractivity contribution in [2.24, 2.45) is 11.7 Å². The molecule has 31 heavy (non-hydrogen) atoms. The zero-order valence-electron chi connectivity index (χ0n) is 17.5. The maximum atomic E-state index is 12.8. The fraction of sp³-hybridized carbons (Fsp3) is 0.375. The van der Waals surface area contributed by atoms with Crippen molar-refractivity contribution in [1.82, 2.24) is 4.90 Å². The van der Waals surface area contributed by atoms with E-state index in [2.05, 4.69) is 10.2 Å². The van der Waals surface area contributed by atoms with Crippen LogP contribution in [0.4, 0.5) is 11.4 Å². The molecule has 3 N–H and O–H groups in total. The average Bonchev–Trinajstić information content (AvgIpc) is 3.21. The maximum absolute atomic E-state index is 12.8. The van der Waals surface area contributed by atoms with Gasteiger partial charge in [-0.3, -0.25) is 19.3 Å². The van der Waals surface area contributed by atoms with Crippen molar-refractivity contribution in [3.63, 3.8) is 0 Å². The first-order chi connectivity index (χ1) is 15.0. The van der Waals surface area contributed by atoms with E-state index in [4.69, 9.17) is 5.73 Å². The second-order valence-electron chi connectivity index (χ2n) is 8.28. The van der Waals surface area contributed by atoms with Crippen LogP contribution in [0.5, 0.6) is 0 Å². The van der Waals surface area contributed by atoms with Gasteiger partial charge >= 0.3 is 0 Å². The third-order valence-electron chi connectivity index (χ3n) is 6.08. The van der Waals surface area contributed by atoms with Gasteiger partial charge in [0.05, 0.1) is 5.92 Å². The highest BCUT2D eigenvalue weighted by Crippen LogP contribution is 2.24. The van der Waals surface area contributed by atoms with Gasteiger partial charge in [-0.2, -0.15) is 0 Å². The maximum Gasteiger partial charge on any atom is 0.255 e. The van der Waals surface area contributed by atoms with Crippen LogP contribution in [0.2, 0.25) is 0 Å². The number of amides is 3. The molecule has 2 aromatic rings. The van der Waals surface area contributed by atoms with Gasteiger partial charge in [0.1, 0.15) is 0 Å². The Kier molecular flexibility index (Phi) is 6.32. The molecule has 2 saturated heterocycles. The van der Waals surface area contributed by atoms with Crippen LogP contribution in [0.1, 0.15) is 41.6 Å². The van der Waals surface area contributed by atoms with Crippen LogP contribution in [-0.4, -0.2) is 42.3 Å². The number of para-hydroxylation sites is 1. The van der Waals surface area contributed by atoms with E-state index in [9.17, 15) is 14.4 Å². The first-order valence-electron chi connectivity index (χ1n) is 10.8. The lowest BCUT2D eigenvalue weighted by Crippen LogP contribution is -2.40. The molecule has 0 spiro atoms. The van der Waals surface area contributed by atoms with Gasteiger partial charge < -0.3 is 16.0 Å². The summed E-state index contributed by atoms with van der Waals surface area (Å²) < 4.78 is 0. The Hall–Kier alpha value is -3.19. The number of likely N-dealkylation sites (tertiary alicyclic amines) is 1. The van der Waals surface area contributed by atoms with Crippen molar-refractivity contribution in [3.8, 4) is 0 Å². The monoisotopic (exact) mass is 420 g/mol. The summed E-state index contributed by atoms with van der Waals surface area (Å²) in [6.07, 6.45) is 3.22. The van der Waals surface area contributed by atoms with Crippen molar-refractivity contribution in [2.75, 3.05) is 29.9 Å². The number of benzene rings is 2. The number of carbonyl (C=O) groups excluding carboxylic acids is 3. The van der Waals surface area contributed by atoms with E-state index in [1.165, 1.54) is 0 Å². The van der Waals surface area contributed by atoms with E-state index in [-0.39, 0.29) is 23.6 Å². The van der Waals surface area contributed by atoms with Crippen LogP contribution >= 0.6 is 0 Å². The smallest absolute Gasteiger partial charge is 0.255 e. The summed E-state index contributed by atoms with van der Waals surface area (Å²) in [6, 6.07) is 14.9. The Bertz CT molecular complexity index is 973. The SMILES string of the molecule is NC(=O)C1CCCN(Cc2ccccc2NC(=O)c2ccc(N3CCCC3=O)cc2)C1. The highest BCUT2D eigenvalue weighted by molar-refractivity contribution is 6.05. The molecule has 0 aromatic heterocycles. The lowest BCUT2D eigenvalue weighted by Gasteiger charge is -2.31. The molecule has 1 atom stereocenters. The van der Waals surface area contributed by atoms with Crippen LogP contribution in [0.15, 0.2) is 48.5 Å². The molecular weight excluding hydrogens is 392 g/mol. The molecule has 1 unspecified atom stereocenters. The molecule has 2 heterocycles. The second kappa shape index (κ2) is 9.31. The topological polar surface area (TPSA) is 95.7 Å². The summed E-state index contributed by atoms with van der Waals surface area (Å²) in [4.78, 5) is 40.3. The molecular formula is C24H28N4O3. The fourth-order valence-electron chi connectivity index (χ4n) is 4.36. The zero-order chi connectivity index (χ0) is 21.8. The predicted octanol–water partition coefficient (Wildman–Crippen LogP) is 2.76. The molecule has 7 nitrogen and oxygen atoms in total. The molecule has 4 rings (SSSR count). The second-order valence-corrected chi connectivity index (χ2v) is 8.28. The van der Waals surface area contributed by atoms with Gasteiger partial charge in [0.2, 0.25) is 11.8 Å². The minimum Gasteiger partial charge on any atom is -0.369 e. The minimum atomic E-state index is -0.245. The van der Waals surface area contributed by atoms with E-state index >= 15 is 0 Å². The van der Waals surface area contributed by atoms with Crippen molar-refractivity contribution < 1.29 is 14.4 Å². The standard InChI is InChI=1S/C24H28N4O3/c25-23(30)19-6-3-13-27(16-19)15-18-5-1-2-7-21(18)26-24(31)17-9-11-20(12-10-17)28-14-4-8-22(28)29/h1-2,5,7,9-12,19H,3-4,6,8,13-16H2,(H2,25,30)(H,26,31). The zero-order valence-corrected chi connectivity index (χ0v) is 17.5. The van der Waals surface area contributed by atoms with E-state index in [0.717, 1.165) is 49.3 Å². The van der Waals surface area contributed by atoms with Crippen LogP contribution in [0, 0.1) is 5.92 Å². The summed E-state index contributed by atoms with van der Waals surface area (Å²) in [5, 5.41) is 3.01. The largest absolute Gasteiger partial charge is 0.369 e. The number of hydrogen-bond acceptors (Lipinski definition) is 4. The highest BCUT2D eigenvalue weighted by atomic mass is 16.2. The Morgan fingerprint density at radius 2 is 1.81 bits per heavy atom. The van der Waals surface area contributed by atoms with Crippen molar-refractivity contribution in [3.05, 3.63) is 59.7 Å². The van der Waals surface area contributed by atoms with Crippen LogP contribution in [0.3, 0.4) is 0 Å². The van der Waals surface area contributed by atoms with Gasteiger partial charge in [0, 0.05) is 43.0 Å². The average molecular weight is 421 g/mol. The van der Waals surface area contributed by atoms with Crippen LogP contribution in [-0.2, 0) is 16.1 Å². The van der Waals surface area contributed by atoms with E-state index < -0.39 is 0 Å². The number of hydrogen-bond donors (Lipinski definition) is 2. The fourth-order valence-corrected chi connectivity index (χ4v) is 4.36. The normalized spacial score (nSPS) is 19.4. The molecule has 0 bridgehead atoms. The van der Waals surface area contributed by atoms with Gasteiger partial charge in [-0.15, -0.1) is 0 Å². The number of nitrogens with zero attached hydrogens (tertiary/aromatic N) is 2. The minimum absolute atomic E-state index is 0.114. The Morgan fingerprint density at radius 3 is 2.52 bits per heavy atom. The van der Waals surface area contributed by atoms with E-state index in [0.29, 0.717) is 25.1 Å². The first kappa shape index (κ1) is 21.1. The highest BCUT2D eigenvalue weighted by Gasteiger charge is 2.25. The number of piperidine rings is 1. The molecule has 0 aliphatic carbocycles. The summed E-state index contributed by atoms with van der Waals surface area (Å²) >= 11 is 0. The number of anilines is 2. The Balaban J connectivity index is 1.43. The molecule has 0 radical (unpaired) electrons. The predicted molar refractivity (Wildman–Crippen MR) is 120 cm³/mol. The van der Waals surface area contributed by atoms with Gasteiger partial charge in [-0.25, -0.2) is 0 Å². The molecule has 3 amide bonds. The van der Waals surface area contributed by atoms with Gasteiger partial charge in [-0.1, -0.05) is 18.2 Å².